The summed E-state index contributed by atoms with van der Waals surface area (Å²) in [6.45, 7) is 3.50. The summed E-state index contributed by atoms with van der Waals surface area (Å²) < 4.78 is 5.02. The number of benzene rings is 1. The van der Waals surface area contributed by atoms with Gasteiger partial charge in [-0.2, -0.15) is 0 Å². The molecule has 0 fully saturated rings. The van der Waals surface area contributed by atoms with E-state index in [9.17, 15) is 14.4 Å². The molecule has 0 aliphatic carbocycles. The maximum Gasteiger partial charge on any atom is 0.408 e. The first-order valence-corrected chi connectivity index (χ1v) is 7.94. The van der Waals surface area contributed by atoms with Gasteiger partial charge in [-0.05, 0) is 18.9 Å². The number of carbonyl (C=O) groups is 3. The Hall–Kier alpha value is -2.57. The van der Waals surface area contributed by atoms with Crippen molar-refractivity contribution in [2.24, 2.45) is 0 Å². The SMILES string of the molecule is CCCCC(NC(=O)C(C)NC(=O)OCc1ccccc1)C(=O)O. The fraction of sp³-hybridized carbons (Fsp3) is 0.471. The topological polar surface area (TPSA) is 105 Å². The van der Waals surface area contributed by atoms with Crippen molar-refractivity contribution >= 4 is 18.0 Å². The van der Waals surface area contributed by atoms with Gasteiger partial charge in [0.2, 0.25) is 5.91 Å². The first kappa shape index (κ1) is 19.5. The van der Waals surface area contributed by atoms with E-state index >= 15 is 0 Å². The molecule has 0 aliphatic rings. The highest BCUT2D eigenvalue weighted by molar-refractivity contribution is 5.88. The molecule has 0 bridgehead atoms. The molecule has 132 valence electrons. The molecule has 3 N–H and O–H groups in total. The number of hydrogen-bond donors (Lipinski definition) is 3. The molecule has 0 aromatic heterocycles. The molecular weight excluding hydrogens is 312 g/mol. The third-order valence-corrected chi connectivity index (χ3v) is 3.40. The zero-order valence-corrected chi connectivity index (χ0v) is 14.0. The smallest absolute Gasteiger partial charge is 0.408 e. The second kappa shape index (κ2) is 10.3. The summed E-state index contributed by atoms with van der Waals surface area (Å²) in [7, 11) is 0. The molecule has 0 saturated carbocycles. The van der Waals surface area contributed by atoms with Gasteiger partial charge in [0.15, 0.2) is 0 Å². The molecule has 7 heteroatoms. The lowest BCUT2D eigenvalue weighted by atomic mass is 10.1. The van der Waals surface area contributed by atoms with Crippen LogP contribution in [0.5, 0.6) is 0 Å². The highest BCUT2D eigenvalue weighted by Gasteiger charge is 2.23. The van der Waals surface area contributed by atoms with Gasteiger partial charge in [0.05, 0.1) is 0 Å². The Bertz CT molecular complexity index is 547. The quantitative estimate of drug-likeness (QED) is 0.640. The Balaban J connectivity index is 2.41. The van der Waals surface area contributed by atoms with Gasteiger partial charge in [0, 0.05) is 0 Å². The predicted octanol–water partition coefficient (Wildman–Crippen LogP) is 2.06. The Morgan fingerprint density at radius 1 is 1.17 bits per heavy atom. The second-order valence-corrected chi connectivity index (χ2v) is 5.47. The summed E-state index contributed by atoms with van der Waals surface area (Å²) in [4.78, 5) is 34.8. The molecule has 7 nitrogen and oxygen atoms in total. The van der Waals surface area contributed by atoms with Crippen LogP contribution in [-0.4, -0.2) is 35.2 Å². The van der Waals surface area contributed by atoms with Crippen LogP contribution in [0.4, 0.5) is 4.79 Å². The van der Waals surface area contributed by atoms with Crippen molar-refractivity contribution in [2.45, 2.75) is 51.8 Å². The number of rotatable bonds is 9. The maximum absolute atomic E-state index is 12.0. The van der Waals surface area contributed by atoms with Gasteiger partial charge in [0.1, 0.15) is 18.7 Å². The zero-order chi connectivity index (χ0) is 17.9. The van der Waals surface area contributed by atoms with Crippen LogP contribution in [0.2, 0.25) is 0 Å². The van der Waals surface area contributed by atoms with Crippen LogP contribution < -0.4 is 10.6 Å². The Morgan fingerprint density at radius 2 is 1.83 bits per heavy atom. The number of carboxylic acid groups (broad SMARTS) is 1. The predicted molar refractivity (Wildman–Crippen MR) is 88.3 cm³/mol. The Morgan fingerprint density at radius 3 is 2.42 bits per heavy atom. The van der Waals surface area contributed by atoms with Gasteiger partial charge in [-0.1, -0.05) is 50.1 Å². The first-order valence-electron chi connectivity index (χ1n) is 7.94. The third kappa shape index (κ3) is 7.13. The summed E-state index contributed by atoms with van der Waals surface area (Å²) in [5.41, 5.74) is 0.829. The molecule has 0 spiro atoms. The number of amides is 2. The van der Waals surface area contributed by atoms with Gasteiger partial charge in [-0.25, -0.2) is 9.59 Å². The van der Waals surface area contributed by atoms with Crippen molar-refractivity contribution in [1.82, 2.24) is 10.6 Å². The fourth-order valence-corrected chi connectivity index (χ4v) is 1.97. The largest absolute Gasteiger partial charge is 0.480 e. The van der Waals surface area contributed by atoms with Crippen LogP contribution in [-0.2, 0) is 20.9 Å². The van der Waals surface area contributed by atoms with E-state index in [1.807, 2.05) is 37.3 Å². The average molecular weight is 336 g/mol. The van der Waals surface area contributed by atoms with Gasteiger partial charge in [0.25, 0.3) is 0 Å². The molecule has 24 heavy (non-hydrogen) atoms. The highest BCUT2D eigenvalue weighted by atomic mass is 16.5. The van der Waals surface area contributed by atoms with Crippen LogP contribution in [0.15, 0.2) is 30.3 Å². The summed E-state index contributed by atoms with van der Waals surface area (Å²) in [5, 5.41) is 13.9. The summed E-state index contributed by atoms with van der Waals surface area (Å²) in [6.07, 6.45) is 1.14. The van der Waals surface area contributed by atoms with Crippen molar-refractivity contribution in [1.29, 1.82) is 0 Å². The molecule has 0 radical (unpaired) electrons. The van der Waals surface area contributed by atoms with Crippen molar-refractivity contribution in [3.05, 3.63) is 35.9 Å². The minimum absolute atomic E-state index is 0.0925. The molecule has 0 aliphatic heterocycles. The van der Waals surface area contributed by atoms with Crippen LogP contribution >= 0.6 is 0 Å². The van der Waals surface area contributed by atoms with Crippen LogP contribution in [0.1, 0.15) is 38.7 Å². The number of hydrogen-bond acceptors (Lipinski definition) is 4. The van der Waals surface area contributed by atoms with E-state index in [1.54, 1.807) is 0 Å². The average Bonchev–Trinajstić information content (AvgIpc) is 2.57. The van der Waals surface area contributed by atoms with Crippen molar-refractivity contribution < 1.29 is 24.2 Å². The molecular formula is C17H24N2O5. The van der Waals surface area contributed by atoms with E-state index in [4.69, 9.17) is 9.84 Å². The van der Waals surface area contributed by atoms with Gasteiger partial charge in [-0.3, -0.25) is 4.79 Å². The molecule has 0 heterocycles. The van der Waals surface area contributed by atoms with E-state index in [1.165, 1.54) is 6.92 Å². The minimum atomic E-state index is -1.09. The molecule has 2 unspecified atom stereocenters. The number of aliphatic carboxylic acids is 1. The number of nitrogens with one attached hydrogen (secondary N) is 2. The molecule has 1 rings (SSSR count). The molecule has 2 atom stereocenters. The van der Waals surface area contributed by atoms with Crippen molar-refractivity contribution in [3.63, 3.8) is 0 Å². The number of ether oxygens (including phenoxy) is 1. The van der Waals surface area contributed by atoms with E-state index in [-0.39, 0.29) is 6.61 Å². The highest BCUT2D eigenvalue weighted by Crippen LogP contribution is 2.03. The summed E-state index contributed by atoms with van der Waals surface area (Å²) in [5.74, 6) is -1.65. The molecule has 1 aromatic carbocycles. The maximum atomic E-state index is 12.0. The number of carbonyl (C=O) groups excluding carboxylic acids is 2. The van der Waals surface area contributed by atoms with Gasteiger partial charge in [-0.15, -0.1) is 0 Å². The van der Waals surface area contributed by atoms with E-state index < -0.39 is 30.1 Å². The van der Waals surface area contributed by atoms with E-state index in [0.29, 0.717) is 12.8 Å². The normalized spacial score (nSPS) is 12.8. The minimum Gasteiger partial charge on any atom is -0.480 e. The molecule has 1 aromatic rings. The van der Waals surface area contributed by atoms with Gasteiger partial charge >= 0.3 is 12.1 Å². The van der Waals surface area contributed by atoms with Crippen LogP contribution in [0.25, 0.3) is 0 Å². The molecule has 2 amide bonds. The fourth-order valence-electron chi connectivity index (χ4n) is 1.97. The van der Waals surface area contributed by atoms with E-state index in [2.05, 4.69) is 10.6 Å². The monoisotopic (exact) mass is 336 g/mol. The third-order valence-electron chi connectivity index (χ3n) is 3.40. The standard InChI is InChI=1S/C17H24N2O5/c1-3-4-10-14(16(21)22)19-15(20)12(2)18-17(23)24-11-13-8-6-5-7-9-13/h5-9,12,14H,3-4,10-11H2,1-2H3,(H,18,23)(H,19,20)(H,21,22). The zero-order valence-electron chi connectivity index (χ0n) is 14.0. The summed E-state index contributed by atoms with van der Waals surface area (Å²) in [6, 6.07) is 7.29. The lowest BCUT2D eigenvalue weighted by molar-refractivity contribution is -0.142. The summed E-state index contributed by atoms with van der Waals surface area (Å²) >= 11 is 0. The van der Waals surface area contributed by atoms with Crippen molar-refractivity contribution in [2.75, 3.05) is 0 Å². The Kier molecular flexibility index (Phi) is 8.32. The lowest BCUT2D eigenvalue weighted by Crippen LogP contribution is -2.50. The lowest BCUT2D eigenvalue weighted by Gasteiger charge is -2.18. The Labute approximate surface area is 141 Å². The van der Waals surface area contributed by atoms with Crippen LogP contribution in [0, 0.1) is 0 Å². The number of unbranched alkanes of at least 4 members (excludes halogenated alkanes) is 1. The first-order chi connectivity index (χ1) is 11.4. The van der Waals surface area contributed by atoms with Gasteiger partial charge < -0.3 is 20.5 Å². The van der Waals surface area contributed by atoms with Crippen molar-refractivity contribution in [3.8, 4) is 0 Å². The number of alkyl carbamates (subject to hydrolysis) is 1. The molecule has 0 saturated heterocycles. The van der Waals surface area contributed by atoms with E-state index in [0.717, 1.165) is 12.0 Å². The number of carboxylic acids is 1. The second-order valence-electron chi connectivity index (χ2n) is 5.47. The van der Waals surface area contributed by atoms with Crippen LogP contribution in [0.3, 0.4) is 0 Å².